The highest BCUT2D eigenvalue weighted by Crippen LogP contribution is 2.39. The van der Waals surface area contributed by atoms with Crippen LogP contribution in [0.3, 0.4) is 0 Å². The minimum Gasteiger partial charge on any atom is -0.493 e. The van der Waals surface area contributed by atoms with Crippen molar-refractivity contribution in [2.45, 2.75) is 20.3 Å². The van der Waals surface area contributed by atoms with E-state index in [1.165, 1.54) is 21.3 Å². The number of amides is 1. The number of carbonyl (C=O) groups is 1. The molecule has 0 heterocycles. The Balaban J connectivity index is 1.98. The molecular weight excluding hydrogens is 334 g/mol. The molecule has 0 aliphatic rings. The van der Waals surface area contributed by atoms with E-state index in [4.69, 9.17) is 18.9 Å². The topological polar surface area (TPSA) is 66.0 Å². The lowest BCUT2D eigenvalue weighted by Gasteiger charge is -2.15. The summed E-state index contributed by atoms with van der Waals surface area (Å²) in [5.41, 5.74) is 2.73. The standard InChI is InChI=1S/C20H25NO5/c1-13-6-7-14(2)16(10-13)26-9-8-19(22)21-15-11-17(23-3)20(25-5)18(12-15)24-4/h6-7,10-12H,8-9H2,1-5H3,(H,21,22). The molecule has 6 heteroatoms. The van der Waals surface area contributed by atoms with Crippen LogP contribution in [-0.4, -0.2) is 33.8 Å². The maximum absolute atomic E-state index is 12.2. The molecule has 0 aliphatic carbocycles. The highest BCUT2D eigenvalue weighted by Gasteiger charge is 2.14. The van der Waals surface area contributed by atoms with E-state index in [0.29, 0.717) is 29.5 Å². The van der Waals surface area contributed by atoms with E-state index in [-0.39, 0.29) is 12.3 Å². The predicted molar refractivity (Wildman–Crippen MR) is 101 cm³/mol. The lowest BCUT2D eigenvalue weighted by Crippen LogP contribution is -2.15. The van der Waals surface area contributed by atoms with Crippen LogP contribution in [0, 0.1) is 13.8 Å². The van der Waals surface area contributed by atoms with Crippen LogP contribution in [0.4, 0.5) is 5.69 Å². The molecule has 0 bridgehead atoms. The summed E-state index contributed by atoms with van der Waals surface area (Å²) >= 11 is 0. The highest BCUT2D eigenvalue weighted by atomic mass is 16.5. The van der Waals surface area contributed by atoms with Gasteiger partial charge in [0.15, 0.2) is 11.5 Å². The lowest BCUT2D eigenvalue weighted by atomic mass is 10.1. The van der Waals surface area contributed by atoms with E-state index < -0.39 is 0 Å². The Morgan fingerprint density at radius 3 is 2.15 bits per heavy atom. The molecule has 26 heavy (non-hydrogen) atoms. The van der Waals surface area contributed by atoms with Crippen molar-refractivity contribution in [2.24, 2.45) is 0 Å². The lowest BCUT2D eigenvalue weighted by molar-refractivity contribution is -0.116. The third kappa shape index (κ3) is 4.81. The van der Waals surface area contributed by atoms with Crippen LogP contribution < -0.4 is 24.3 Å². The SMILES string of the molecule is COc1cc(NC(=O)CCOc2cc(C)ccc2C)cc(OC)c1OC. The molecule has 0 spiro atoms. The van der Waals surface area contributed by atoms with Crippen LogP contribution in [0.2, 0.25) is 0 Å². The minimum absolute atomic E-state index is 0.162. The van der Waals surface area contributed by atoms with Gasteiger partial charge in [0.25, 0.3) is 0 Å². The van der Waals surface area contributed by atoms with E-state index in [1.807, 2.05) is 32.0 Å². The Hall–Kier alpha value is -2.89. The predicted octanol–water partition coefficient (Wildman–Crippen LogP) is 3.74. The fourth-order valence-electron chi connectivity index (χ4n) is 2.49. The summed E-state index contributed by atoms with van der Waals surface area (Å²) < 4.78 is 21.6. The Kier molecular flexibility index (Phi) is 6.72. The molecule has 2 aromatic rings. The van der Waals surface area contributed by atoms with Gasteiger partial charge in [0.1, 0.15) is 5.75 Å². The van der Waals surface area contributed by atoms with Gasteiger partial charge in [-0.2, -0.15) is 0 Å². The molecule has 1 amide bonds. The second-order valence-electron chi connectivity index (χ2n) is 5.83. The van der Waals surface area contributed by atoms with Crippen molar-refractivity contribution in [3.05, 3.63) is 41.5 Å². The van der Waals surface area contributed by atoms with E-state index in [9.17, 15) is 4.79 Å². The monoisotopic (exact) mass is 359 g/mol. The second kappa shape index (κ2) is 8.99. The quantitative estimate of drug-likeness (QED) is 0.778. The third-order valence-electron chi connectivity index (χ3n) is 3.88. The van der Waals surface area contributed by atoms with Crippen molar-refractivity contribution in [3.63, 3.8) is 0 Å². The normalized spacial score (nSPS) is 10.2. The molecule has 2 rings (SSSR count). The van der Waals surface area contributed by atoms with Crippen molar-refractivity contribution >= 4 is 11.6 Å². The summed E-state index contributed by atoms with van der Waals surface area (Å²) in [6.45, 7) is 4.27. The molecular formula is C20H25NO5. The number of ether oxygens (including phenoxy) is 4. The van der Waals surface area contributed by atoms with Crippen LogP contribution in [0.5, 0.6) is 23.0 Å². The average Bonchev–Trinajstić information content (AvgIpc) is 2.63. The fourth-order valence-corrected chi connectivity index (χ4v) is 2.49. The van der Waals surface area contributed by atoms with Crippen LogP contribution in [0.1, 0.15) is 17.5 Å². The van der Waals surface area contributed by atoms with Crippen LogP contribution >= 0.6 is 0 Å². The van der Waals surface area contributed by atoms with E-state index >= 15 is 0 Å². The van der Waals surface area contributed by atoms with Gasteiger partial charge in [-0.1, -0.05) is 12.1 Å². The van der Waals surface area contributed by atoms with Crippen LogP contribution in [0.25, 0.3) is 0 Å². The average molecular weight is 359 g/mol. The summed E-state index contributed by atoms with van der Waals surface area (Å²) in [5.74, 6) is 2.07. The maximum Gasteiger partial charge on any atom is 0.227 e. The Labute approximate surface area is 154 Å². The molecule has 0 atom stereocenters. The Bertz CT molecular complexity index is 748. The summed E-state index contributed by atoms with van der Waals surface area (Å²) in [4.78, 5) is 12.2. The Morgan fingerprint density at radius 1 is 0.923 bits per heavy atom. The smallest absolute Gasteiger partial charge is 0.227 e. The number of nitrogens with one attached hydrogen (secondary N) is 1. The van der Waals surface area contributed by atoms with E-state index in [1.54, 1.807) is 12.1 Å². The summed E-state index contributed by atoms with van der Waals surface area (Å²) in [6.07, 6.45) is 0.226. The zero-order valence-electron chi connectivity index (χ0n) is 15.8. The summed E-state index contributed by atoms with van der Waals surface area (Å²) in [5, 5.41) is 2.82. The number of aryl methyl sites for hydroxylation is 2. The number of benzene rings is 2. The van der Waals surface area contributed by atoms with Crippen molar-refractivity contribution in [1.29, 1.82) is 0 Å². The molecule has 0 fully saturated rings. The van der Waals surface area contributed by atoms with Crippen molar-refractivity contribution < 1.29 is 23.7 Å². The first kappa shape index (κ1) is 19.4. The van der Waals surface area contributed by atoms with Gasteiger partial charge in [-0.05, 0) is 31.0 Å². The number of carbonyl (C=O) groups excluding carboxylic acids is 1. The van der Waals surface area contributed by atoms with Gasteiger partial charge in [0, 0.05) is 17.8 Å². The first-order valence-electron chi connectivity index (χ1n) is 8.28. The zero-order chi connectivity index (χ0) is 19.1. The van der Waals surface area contributed by atoms with Crippen molar-refractivity contribution in [2.75, 3.05) is 33.3 Å². The van der Waals surface area contributed by atoms with Gasteiger partial charge in [-0.15, -0.1) is 0 Å². The van der Waals surface area contributed by atoms with Crippen LogP contribution in [-0.2, 0) is 4.79 Å². The first-order chi connectivity index (χ1) is 12.5. The van der Waals surface area contributed by atoms with Gasteiger partial charge in [0.05, 0.1) is 34.4 Å². The van der Waals surface area contributed by atoms with E-state index in [0.717, 1.165) is 16.9 Å². The number of hydrogen-bond donors (Lipinski definition) is 1. The van der Waals surface area contributed by atoms with Gasteiger partial charge in [-0.3, -0.25) is 4.79 Å². The molecule has 0 aromatic heterocycles. The second-order valence-corrected chi connectivity index (χ2v) is 5.83. The molecule has 1 N–H and O–H groups in total. The third-order valence-corrected chi connectivity index (χ3v) is 3.88. The largest absolute Gasteiger partial charge is 0.493 e. The number of anilines is 1. The molecule has 0 unspecified atom stereocenters. The van der Waals surface area contributed by atoms with Gasteiger partial charge >= 0.3 is 0 Å². The highest BCUT2D eigenvalue weighted by molar-refractivity contribution is 5.91. The van der Waals surface area contributed by atoms with Gasteiger partial charge in [0.2, 0.25) is 11.7 Å². The summed E-state index contributed by atoms with van der Waals surface area (Å²) in [7, 11) is 4.59. The maximum atomic E-state index is 12.2. The number of rotatable bonds is 8. The van der Waals surface area contributed by atoms with Gasteiger partial charge in [-0.25, -0.2) is 0 Å². The van der Waals surface area contributed by atoms with E-state index in [2.05, 4.69) is 5.32 Å². The van der Waals surface area contributed by atoms with Crippen molar-refractivity contribution in [3.8, 4) is 23.0 Å². The molecule has 2 aromatic carbocycles. The van der Waals surface area contributed by atoms with Gasteiger partial charge < -0.3 is 24.3 Å². The number of methoxy groups -OCH3 is 3. The molecule has 6 nitrogen and oxygen atoms in total. The first-order valence-corrected chi connectivity index (χ1v) is 8.28. The molecule has 0 radical (unpaired) electrons. The Morgan fingerprint density at radius 2 is 1.58 bits per heavy atom. The molecule has 0 saturated carbocycles. The van der Waals surface area contributed by atoms with Crippen LogP contribution in [0.15, 0.2) is 30.3 Å². The van der Waals surface area contributed by atoms with Crippen molar-refractivity contribution in [1.82, 2.24) is 0 Å². The number of hydrogen-bond acceptors (Lipinski definition) is 5. The summed E-state index contributed by atoms with van der Waals surface area (Å²) in [6, 6.07) is 9.36. The molecule has 0 saturated heterocycles. The molecule has 140 valence electrons. The minimum atomic E-state index is -0.162. The molecule has 0 aliphatic heterocycles. The zero-order valence-corrected chi connectivity index (χ0v) is 15.8. The fraction of sp³-hybridized carbons (Fsp3) is 0.350.